The summed E-state index contributed by atoms with van der Waals surface area (Å²) in [6, 6.07) is 5.48. The first-order valence-electron chi connectivity index (χ1n) is 7.79. The highest BCUT2D eigenvalue weighted by Gasteiger charge is 2.28. The van der Waals surface area contributed by atoms with E-state index in [1.165, 1.54) is 18.2 Å². The molecule has 2 rings (SSSR count). The van der Waals surface area contributed by atoms with Crippen LogP contribution in [0.15, 0.2) is 24.3 Å². The number of alkyl halides is 2. The molecule has 0 unspecified atom stereocenters. The topological polar surface area (TPSA) is 62.8 Å². The number of hydrogen-bond donors (Lipinski definition) is 2. The number of carbonyl (C=O) groups is 1. The average Bonchev–Trinajstić information content (AvgIpc) is 2.54. The lowest BCUT2D eigenvalue weighted by atomic mass is 10.0. The van der Waals surface area contributed by atoms with Crippen molar-refractivity contribution in [3.05, 3.63) is 24.3 Å². The van der Waals surface area contributed by atoms with Gasteiger partial charge in [-0.15, -0.1) is 0 Å². The van der Waals surface area contributed by atoms with Crippen LogP contribution < -0.4 is 15.4 Å². The molecule has 8 heteroatoms. The van der Waals surface area contributed by atoms with Gasteiger partial charge in [-0.2, -0.15) is 8.78 Å². The molecule has 24 heavy (non-hydrogen) atoms. The largest absolute Gasteiger partial charge is 0.435 e. The van der Waals surface area contributed by atoms with E-state index in [-0.39, 0.29) is 11.3 Å². The van der Waals surface area contributed by atoms with Gasteiger partial charge in [0.2, 0.25) is 0 Å². The van der Waals surface area contributed by atoms with Crippen molar-refractivity contribution in [2.45, 2.75) is 26.0 Å². The monoisotopic (exact) mass is 343 g/mol. The number of carbonyl (C=O) groups excluding carboxylic acids is 1. The van der Waals surface area contributed by atoms with Gasteiger partial charge in [-0.25, -0.2) is 4.79 Å². The molecule has 6 nitrogen and oxygen atoms in total. The summed E-state index contributed by atoms with van der Waals surface area (Å²) in [5.74, 6) is -0.00329. The smallest absolute Gasteiger partial charge is 0.387 e. The van der Waals surface area contributed by atoms with E-state index in [4.69, 9.17) is 4.74 Å². The first kappa shape index (κ1) is 18.4. The number of ether oxygens (including phenoxy) is 2. The van der Waals surface area contributed by atoms with Gasteiger partial charge < -0.3 is 20.1 Å². The van der Waals surface area contributed by atoms with E-state index < -0.39 is 12.6 Å². The number of anilines is 1. The molecule has 1 heterocycles. The Kier molecular flexibility index (Phi) is 6.33. The standard InChI is InChI=1S/C16H23F2N3O3/c1-16(2,21-6-8-23-9-7-21)11-19-15(22)20-12-4-3-5-13(10-12)24-14(17)18/h3-5,10,14H,6-9,11H2,1-2H3,(H2,19,20,22). The number of nitrogens with one attached hydrogen (secondary N) is 2. The summed E-state index contributed by atoms with van der Waals surface area (Å²) in [5.41, 5.74) is 0.178. The summed E-state index contributed by atoms with van der Waals surface area (Å²) in [6.07, 6.45) is 0. The van der Waals surface area contributed by atoms with Crippen LogP contribution in [0.4, 0.5) is 19.3 Å². The highest BCUT2D eigenvalue weighted by Crippen LogP contribution is 2.19. The third-order valence-electron chi connectivity index (χ3n) is 3.87. The maximum Gasteiger partial charge on any atom is 0.387 e. The molecule has 0 bridgehead atoms. The van der Waals surface area contributed by atoms with E-state index in [1.54, 1.807) is 6.07 Å². The molecule has 0 aromatic heterocycles. The van der Waals surface area contributed by atoms with Crippen LogP contribution in [-0.4, -0.2) is 55.9 Å². The van der Waals surface area contributed by atoms with Crippen LogP contribution in [0.1, 0.15) is 13.8 Å². The first-order valence-corrected chi connectivity index (χ1v) is 7.79. The third kappa shape index (κ3) is 5.61. The molecular weight excluding hydrogens is 320 g/mol. The molecule has 0 atom stereocenters. The molecule has 1 saturated heterocycles. The van der Waals surface area contributed by atoms with Gasteiger partial charge in [-0.05, 0) is 26.0 Å². The molecule has 0 spiro atoms. The zero-order valence-electron chi connectivity index (χ0n) is 13.9. The molecule has 2 amide bonds. The predicted octanol–water partition coefficient (Wildman–Crippen LogP) is 2.52. The van der Waals surface area contributed by atoms with Crippen molar-refractivity contribution in [2.75, 3.05) is 38.2 Å². The zero-order valence-corrected chi connectivity index (χ0v) is 13.9. The Labute approximate surface area is 140 Å². The molecule has 2 N–H and O–H groups in total. The minimum atomic E-state index is -2.90. The highest BCUT2D eigenvalue weighted by molar-refractivity contribution is 5.89. The summed E-state index contributed by atoms with van der Waals surface area (Å²) in [5, 5.41) is 5.42. The number of benzene rings is 1. The lowest BCUT2D eigenvalue weighted by molar-refractivity contribution is -0.0497. The van der Waals surface area contributed by atoms with Crippen LogP contribution in [0, 0.1) is 0 Å². The fourth-order valence-electron chi connectivity index (χ4n) is 2.50. The number of amides is 2. The molecule has 1 aliphatic heterocycles. The van der Waals surface area contributed by atoms with Crippen LogP contribution in [-0.2, 0) is 4.74 Å². The van der Waals surface area contributed by atoms with Crippen molar-refractivity contribution in [3.8, 4) is 5.75 Å². The van der Waals surface area contributed by atoms with Gasteiger partial charge in [0.1, 0.15) is 5.75 Å². The second-order valence-electron chi connectivity index (χ2n) is 6.13. The van der Waals surface area contributed by atoms with Gasteiger partial charge in [0.15, 0.2) is 0 Å². The second kappa shape index (κ2) is 8.25. The van der Waals surface area contributed by atoms with Crippen molar-refractivity contribution in [1.82, 2.24) is 10.2 Å². The van der Waals surface area contributed by atoms with E-state index in [0.717, 1.165) is 13.1 Å². The molecule has 1 aliphatic rings. The average molecular weight is 343 g/mol. The van der Waals surface area contributed by atoms with Crippen LogP contribution in [0.25, 0.3) is 0 Å². The highest BCUT2D eigenvalue weighted by atomic mass is 19.3. The van der Waals surface area contributed by atoms with Crippen molar-refractivity contribution in [3.63, 3.8) is 0 Å². The van der Waals surface area contributed by atoms with E-state index in [0.29, 0.717) is 25.4 Å². The third-order valence-corrected chi connectivity index (χ3v) is 3.87. The van der Waals surface area contributed by atoms with Crippen LogP contribution in [0.3, 0.4) is 0 Å². The van der Waals surface area contributed by atoms with Gasteiger partial charge in [-0.1, -0.05) is 6.07 Å². The minimum Gasteiger partial charge on any atom is -0.435 e. The number of nitrogens with zero attached hydrogens (tertiary/aromatic N) is 1. The maximum atomic E-state index is 12.2. The van der Waals surface area contributed by atoms with Crippen molar-refractivity contribution >= 4 is 11.7 Å². The van der Waals surface area contributed by atoms with Gasteiger partial charge in [0.25, 0.3) is 0 Å². The predicted molar refractivity (Wildman–Crippen MR) is 86.6 cm³/mol. The Morgan fingerprint density at radius 1 is 1.38 bits per heavy atom. The normalized spacial score (nSPS) is 16.0. The molecule has 134 valence electrons. The fourth-order valence-corrected chi connectivity index (χ4v) is 2.50. The maximum absolute atomic E-state index is 12.2. The van der Waals surface area contributed by atoms with Crippen LogP contribution >= 0.6 is 0 Å². The Bertz CT molecular complexity index is 549. The Balaban J connectivity index is 1.84. The Morgan fingerprint density at radius 2 is 2.08 bits per heavy atom. The van der Waals surface area contributed by atoms with E-state index in [1.807, 2.05) is 0 Å². The molecule has 1 aromatic carbocycles. The van der Waals surface area contributed by atoms with Crippen molar-refractivity contribution in [2.24, 2.45) is 0 Å². The molecular formula is C16H23F2N3O3. The fraction of sp³-hybridized carbons (Fsp3) is 0.562. The summed E-state index contributed by atoms with van der Waals surface area (Å²) in [7, 11) is 0. The summed E-state index contributed by atoms with van der Waals surface area (Å²) < 4.78 is 34.1. The van der Waals surface area contributed by atoms with Gasteiger partial charge >= 0.3 is 12.6 Å². The summed E-state index contributed by atoms with van der Waals surface area (Å²) in [6.45, 7) is 4.67. The Hall–Kier alpha value is -1.93. The summed E-state index contributed by atoms with van der Waals surface area (Å²) in [4.78, 5) is 14.3. The molecule has 0 saturated carbocycles. The van der Waals surface area contributed by atoms with Crippen LogP contribution in [0.2, 0.25) is 0 Å². The minimum absolute atomic E-state index is 0.00329. The number of urea groups is 1. The zero-order chi connectivity index (χ0) is 17.6. The lowest BCUT2D eigenvalue weighted by Gasteiger charge is -2.40. The number of rotatable bonds is 6. The molecule has 1 aromatic rings. The molecule has 1 fully saturated rings. The SMILES string of the molecule is CC(C)(CNC(=O)Nc1cccc(OC(F)F)c1)N1CCOCC1. The van der Waals surface area contributed by atoms with E-state index in [2.05, 4.69) is 34.1 Å². The second-order valence-corrected chi connectivity index (χ2v) is 6.13. The lowest BCUT2D eigenvalue weighted by Crippen LogP contribution is -2.55. The van der Waals surface area contributed by atoms with E-state index >= 15 is 0 Å². The van der Waals surface area contributed by atoms with Gasteiger partial charge in [-0.3, -0.25) is 4.90 Å². The quantitative estimate of drug-likeness (QED) is 0.833. The van der Waals surface area contributed by atoms with Gasteiger partial charge in [0, 0.05) is 36.9 Å². The number of hydrogen-bond acceptors (Lipinski definition) is 4. The summed E-state index contributed by atoms with van der Waals surface area (Å²) >= 11 is 0. The van der Waals surface area contributed by atoms with Gasteiger partial charge in [0.05, 0.1) is 13.2 Å². The first-order chi connectivity index (χ1) is 11.4. The van der Waals surface area contributed by atoms with E-state index in [9.17, 15) is 13.6 Å². The Morgan fingerprint density at radius 3 is 2.75 bits per heavy atom. The van der Waals surface area contributed by atoms with Crippen molar-refractivity contribution in [1.29, 1.82) is 0 Å². The number of morpholine rings is 1. The molecule has 0 radical (unpaired) electrons. The van der Waals surface area contributed by atoms with Crippen LogP contribution in [0.5, 0.6) is 5.75 Å². The van der Waals surface area contributed by atoms with Crippen molar-refractivity contribution < 1.29 is 23.0 Å². The molecule has 0 aliphatic carbocycles. The number of halogens is 2.